The van der Waals surface area contributed by atoms with Gasteiger partial charge in [-0.25, -0.2) is 0 Å². The molecule has 0 aliphatic rings. The second-order valence-corrected chi connectivity index (χ2v) is 10.8. The Labute approximate surface area is 255 Å². The zero-order valence-corrected chi connectivity index (χ0v) is 28.7. The van der Waals surface area contributed by atoms with E-state index in [2.05, 4.69) is 108 Å². The Bertz CT molecular complexity index is 829. The first-order chi connectivity index (χ1) is 19.7. The van der Waals surface area contributed by atoms with Crippen LogP contribution in [-0.4, -0.2) is 61.3 Å². The lowest BCUT2D eigenvalue weighted by atomic mass is 10.1. The Kier molecular flexibility index (Phi) is 22.0. The molecule has 2 aromatic carbocycles. The number of rotatable bonds is 17. The van der Waals surface area contributed by atoms with Crippen molar-refractivity contribution in [1.82, 2.24) is 9.80 Å². The molecular weight excluding hydrogens is 504 g/mol. The molecule has 0 aliphatic carbocycles. The van der Waals surface area contributed by atoms with Gasteiger partial charge in [0.25, 0.3) is 0 Å². The molecule has 2 unspecified atom stereocenters. The minimum absolute atomic E-state index is 0.419. The zero-order valence-electron chi connectivity index (χ0n) is 28.7. The van der Waals surface area contributed by atoms with Crippen molar-refractivity contribution < 1.29 is 9.47 Å². The number of para-hydroxylation sites is 2. The normalized spacial score (nSPS) is 12.1. The lowest BCUT2D eigenvalue weighted by molar-refractivity contribution is 0.144. The summed E-state index contributed by atoms with van der Waals surface area (Å²) < 4.78 is 12.4. The Morgan fingerprint density at radius 1 is 0.659 bits per heavy atom. The topological polar surface area (TPSA) is 24.9 Å². The summed E-state index contributed by atoms with van der Waals surface area (Å²) in [5, 5.41) is 0. The predicted molar refractivity (Wildman–Crippen MR) is 182 cm³/mol. The van der Waals surface area contributed by atoms with Crippen molar-refractivity contribution in [3.63, 3.8) is 0 Å². The van der Waals surface area contributed by atoms with Crippen LogP contribution in [0.2, 0.25) is 0 Å². The van der Waals surface area contributed by atoms with Gasteiger partial charge in [-0.3, -0.25) is 9.80 Å². The Balaban J connectivity index is 0.00000299. The first-order valence-electron chi connectivity index (χ1n) is 16.1. The quantitative estimate of drug-likeness (QED) is 0.140. The molecule has 0 aliphatic heterocycles. The summed E-state index contributed by atoms with van der Waals surface area (Å²) >= 11 is 0. The van der Waals surface area contributed by atoms with Crippen LogP contribution in [0.5, 0.6) is 11.5 Å². The Morgan fingerprint density at radius 3 is 1.22 bits per heavy atom. The predicted octanol–water partition coefficient (Wildman–Crippen LogP) is 9.58. The monoisotopic (exact) mass is 568 g/mol. The van der Waals surface area contributed by atoms with Gasteiger partial charge in [0.1, 0.15) is 24.7 Å². The van der Waals surface area contributed by atoms with Gasteiger partial charge in [-0.2, -0.15) is 0 Å². The third kappa shape index (κ3) is 14.9. The van der Waals surface area contributed by atoms with Gasteiger partial charge in [0.2, 0.25) is 0 Å². The van der Waals surface area contributed by atoms with Gasteiger partial charge in [-0.1, -0.05) is 83.0 Å². The van der Waals surface area contributed by atoms with Crippen molar-refractivity contribution in [2.75, 3.05) is 39.4 Å². The Morgan fingerprint density at radius 2 is 0.951 bits per heavy atom. The van der Waals surface area contributed by atoms with Crippen LogP contribution in [-0.2, 0) is 0 Å². The van der Waals surface area contributed by atoms with Crippen molar-refractivity contribution in [2.24, 2.45) is 0 Å². The molecule has 4 nitrogen and oxygen atoms in total. The van der Waals surface area contributed by atoms with Crippen LogP contribution in [0.15, 0.2) is 49.1 Å². The summed E-state index contributed by atoms with van der Waals surface area (Å²) in [7, 11) is 0. The van der Waals surface area contributed by atoms with Crippen LogP contribution in [0, 0.1) is 27.7 Å². The van der Waals surface area contributed by atoms with Crippen LogP contribution < -0.4 is 9.47 Å². The third-order valence-corrected chi connectivity index (χ3v) is 7.45. The molecule has 0 saturated carbocycles. The maximum atomic E-state index is 6.22. The number of likely N-dealkylation sites (N-methyl/N-ethyl adjacent to an activating group) is 2. The molecule has 0 bridgehead atoms. The van der Waals surface area contributed by atoms with E-state index in [1.54, 1.807) is 6.08 Å². The molecule has 0 radical (unpaired) electrons. The van der Waals surface area contributed by atoms with Crippen LogP contribution >= 0.6 is 0 Å². The highest BCUT2D eigenvalue weighted by atomic mass is 16.5. The molecule has 0 N–H and O–H groups in total. The SMILES string of the molecule is C=CC.CC.CCN(CCCCCCN(CC)C(C)COc1c(C)cccc1C)C(C)COc1c(C)cccc1C. The fraction of sp³-hybridized carbons (Fsp3) is 0.622. The number of nitrogens with zero attached hydrogens (tertiary/aromatic N) is 2. The summed E-state index contributed by atoms with van der Waals surface area (Å²) in [5.74, 6) is 2.10. The van der Waals surface area contributed by atoms with Gasteiger partial charge < -0.3 is 9.47 Å². The lowest BCUT2D eigenvalue weighted by Gasteiger charge is -2.29. The number of hydrogen-bond acceptors (Lipinski definition) is 4. The van der Waals surface area contributed by atoms with E-state index >= 15 is 0 Å². The summed E-state index contributed by atoms with van der Waals surface area (Å²) in [4.78, 5) is 5.11. The van der Waals surface area contributed by atoms with Gasteiger partial charge in [0.05, 0.1) is 0 Å². The molecule has 0 aromatic heterocycles. The molecule has 2 atom stereocenters. The maximum Gasteiger partial charge on any atom is 0.125 e. The standard InChI is InChI=1S/C32H52N2O2.C3H6.C2H6/c1-9-33(29(7)23-35-31-25(3)17-15-18-26(31)4)21-13-11-12-14-22-34(10-2)30(8)24-36-32-27(5)19-16-20-28(32)6;1-3-2;1-2/h15-20,29-30H,9-14,21-24H2,1-8H3;3H,1H2,2H3;1-2H3. The number of aryl methyl sites for hydroxylation is 4. The molecule has 2 aromatic rings. The first-order valence-corrected chi connectivity index (χ1v) is 16.1. The average molecular weight is 569 g/mol. The first kappa shape index (κ1) is 38.7. The molecule has 2 rings (SSSR count). The molecular formula is C37H64N2O2. The average Bonchev–Trinajstić information content (AvgIpc) is 2.95. The molecule has 41 heavy (non-hydrogen) atoms. The lowest BCUT2D eigenvalue weighted by Crippen LogP contribution is -2.38. The number of allylic oxidation sites excluding steroid dienone is 1. The van der Waals surface area contributed by atoms with Crippen LogP contribution in [0.25, 0.3) is 0 Å². The highest BCUT2D eigenvalue weighted by Gasteiger charge is 2.15. The number of ether oxygens (including phenoxy) is 2. The van der Waals surface area contributed by atoms with Gasteiger partial charge in [-0.05, 0) is 110 Å². The van der Waals surface area contributed by atoms with Gasteiger partial charge >= 0.3 is 0 Å². The van der Waals surface area contributed by atoms with Crippen LogP contribution in [0.4, 0.5) is 0 Å². The molecule has 0 amide bonds. The van der Waals surface area contributed by atoms with E-state index in [1.165, 1.54) is 47.9 Å². The van der Waals surface area contributed by atoms with E-state index in [1.807, 2.05) is 20.8 Å². The minimum atomic E-state index is 0.419. The van der Waals surface area contributed by atoms with E-state index in [0.29, 0.717) is 12.1 Å². The second kappa shape index (κ2) is 23.3. The molecule has 0 fully saturated rings. The van der Waals surface area contributed by atoms with Gasteiger partial charge in [0, 0.05) is 12.1 Å². The summed E-state index contributed by atoms with van der Waals surface area (Å²) in [6.45, 7) is 32.8. The van der Waals surface area contributed by atoms with Crippen molar-refractivity contribution >= 4 is 0 Å². The zero-order chi connectivity index (χ0) is 31.2. The molecule has 0 heterocycles. The van der Waals surface area contributed by atoms with Gasteiger partial charge in [0.15, 0.2) is 0 Å². The fourth-order valence-corrected chi connectivity index (χ4v) is 5.04. The van der Waals surface area contributed by atoms with Crippen molar-refractivity contribution in [1.29, 1.82) is 0 Å². The second-order valence-electron chi connectivity index (χ2n) is 10.8. The fourth-order valence-electron chi connectivity index (χ4n) is 5.04. The minimum Gasteiger partial charge on any atom is -0.491 e. The van der Waals surface area contributed by atoms with E-state index < -0.39 is 0 Å². The molecule has 0 spiro atoms. The highest BCUT2D eigenvalue weighted by molar-refractivity contribution is 5.40. The molecule has 4 heteroatoms. The van der Waals surface area contributed by atoms with Crippen LogP contribution in [0.1, 0.15) is 96.4 Å². The number of benzene rings is 2. The van der Waals surface area contributed by atoms with E-state index in [0.717, 1.165) is 50.9 Å². The third-order valence-electron chi connectivity index (χ3n) is 7.45. The summed E-state index contributed by atoms with van der Waals surface area (Å²) in [5.41, 5.74) is 4.88. The van der Waals surface area contributed by atoms with Crippen molar-refractivity contribution in [3.05, 3.63) is 71.3 Å². The van der Waals surface area contributed by atoms with Crippen LogP contribution in [0.3, 0.4) is 0 Å². The van der Waals surface area contributed by atoms with E-state index in [9.17, 15) is 0 Å². The largest absolute Gasteiger partial charge is 0.491 e. The van der Waals surface area contributed by atoms with E-state index in [4.69, 9.17) is 9.47 Å². The molecule has 0 saturated heterocycles. The van der Waals surface area contributed by atoms with Crippen molar-refractivity contribution in [3.8, 4) is 11.5 Å². The smallest absolute Gasteiger partial charge is 0.125 e. The van der Waals surface area contributed by atoms with Gasteiger partial charge in [-0.15, -0.1) is 6.58 Å². The number of unbranched alkanes of at least 4 members (excludes halogenated alkanes) is 3. The van der Waals surface area contributed by atoms with Crippen molar-refractivity contribution in [2.45, 2.75) is 114 Å². The maximum absolute atomic E-state index is 6.22. The summed E-state index contributed by atoms with van der Waals surface area (Å²) in [6.07, 6.45) is 6.81. The summed E-state index contributed by atoms with van der Waals surface area (Å²) in [6, 6.07) is 13.5. The Hall–Kier alpha value is -2.30. The molecule has 234 valence electrons. The van der Waals surface area contributed by atoms with E-state index in [-0.39, 0.29) is 0 Å². The number of hydrogen-bond donors (Lipinski definition) is 0. The highest BCUT2D eigenvalue weighted by Crippen LogP contribution is 2.24.